The van der Waals surface area contributed by atoms with Gasteiger partial charge in [0, 0.05) is 18.7 Å². The fourth-order valence-electron chi connectivity index (χ4n) is 2.02. The highest BCUT2D eigenvalue weighted by molar-refractivity contribution is 5.94. The summed E-state index contributed by atoms with van der Waals surface area (Å²) in [7, 11) is 3.82. The number of nitrogens with zero attached hydrogens (tertiary/aromatic N) is 1. The molecular formula is C14H19F3N2O. The van der Waals surface area contributed by atoms with Crippen LogP contribution in [0.2, 0.25) is 0 Å². The molecule has 0 aromatic heterocycles. The van der Waals surface area contributed by atoms with Gasteiger partial charge >= 0.3 is 0 Å². The first-order valence-electron chi connectivity index (χ1n) is 6.20. The van der Waals surface area contributed by atoms with Crippen LogP contribution < -0.4 is 5.32 Å². The third kappa shape index (κ3) is 4.52. The molecule has 20 heavy (non-hydrogen) atoms. The average Bonchev–Trinajstić information content (AvgIpc) is 2.31. The Morgan fingerprint density at radius 1 is 1.20 bits per heavy atom. The van der Waals surface area contributed by atoms with Crippen molar-refractivity contribution >= 4 is 5.91 Å². The Bertz CT molecular complexity index is 478. The van der Waals surface area contributed by atoms with E-state index in [1.54, 1.807) is 0 Å². The predicted molar refractivity (Wildman–Crippen MR) is 71.0 cm³/mol. The van der Waals surface area contributed by atoms with Crippen molar-refractivity contribution in [2.75, 3.05) is 27.2 Å². The third-order valence-corrected chi connectivity index (χ3v) is 2.72. The molecule has 0 saturated heterocycles. The van der Waals surface area contributed by atoms with Gasteiger partial charge in [-0.3, -0.25) is 4.79 Å². The predicted octanol–water partition coefficient (Wildman–Crippen LogP) is 2.42. The number of amides is 1. The van der Waals surface area contributed by atoms with Crippen molar-refractivity contribution in [2.24, 2.45) is 5.41 Å². The summed E-state index contributed by atoms with van der Waals surface area (Å²) in [5, 5.41) is 2.60. The van der Waals surface area contributed by atoms with Gasteiger partial charge in [-0.05, 0) is 31.6 Å². The number of rotatable bonds is 5. The van der Waals surface area contributed by atoms with Gasteiger partial charge < -0.3 is 10.2 Å². The molecule has 0 heterocycles. The summed E-state index contributed by atoms with van der Waals surface area (Å²) in [5.74, 6) is -4.95. The van der Waals surface area contributed by atoms with Crippen LogP contribution in [0.1, 0.15) is 24.2 Å². The van der Waals surface area contributed by atoms with Crippen LogP contribution in [0.4, 0.5) is 13.2 Å². The van der Waals surface area contributed by atoms with E-state index in [9.17, 15) is 18.0 Å². The first-order valence-corrected chi connectivity index (χ1v) is 6.20. The number of hydrogen-bond acceptors (Lipinski definition) is 2. The van der Waals surface area contributed by atoms with E-state index >= 15 is 0 Å². The van der Waals surface area contributed by atoms with Crippen molar-refractivity contribution in [3.63, 3.8) is 0 Å². The van der Waals surface area contributed by atoms with E-state index in [1.807, 2.05) is 32.8 Å². The number of carbonyl (C=O) groups is 1. The zero-order valence-corrected chi connectivity index (χ0v) is 12.1. The molecule has 0 aliphatic rings. The number of halogens is 3. The Morgan fingerprint density at radius 2 is 1.70 bits per heavy atom. The molecule has 1 rings (SSSR count). The average molecular weight is 288 g/mol. The standard InChI is InChI=1S/C14H19F3N2O/c1-14(2,8-19(3)4)7-18-13(20)9-5-10(15)12(17)11(16)6-9/h5-6H,7-8H2,1-4H3,(H,18,20). The molecule has 6 heteroatoms. The Kier molecular flexibility index (Phi) is 5.16. The highest BCUT2D eigenvalue weighted by Crippen LogP contribution is 2.16. The summed E-state index contributed by atoms with van der Waals surface area (Å²) in [4.78, 5) is 13.8. The first-order chi connectivity index (χ1) is 9.12. The van der Waals surface area contributed by atoms with Gasteiger partial charge in [-0.25, -0.2) is 13.2 Å². The zero-order chi connectivity index (χ0) is 15.5. The summed E-state index contributed by atoms with van der Waals surface area (Å²) >= 11 is 0. The minimum Gasteiger partial charge on any atom is -0.351 e. The van der Waals surface area contributed by atoms with E-state index in [-0.39, 0.29) is 11.0 Å². The Morgan fingerprint density at radius 3 is 2.15 bits per heavy atom. The van der Waals surface area contributed by atoms with Gasteiger partial charge in [0.1, 0.15) is 0 Å². The SMILES string of the molecule is CN(C)CC(C)(C)CNC(=O)c1cc(F)c(F)c(F)c1. The van der Waals surface area contributed by atoms with Crippen LogP contribution in [-0.2, 0) is 0 Å². The van der Waals surface area contributed by atoms with E-state index in [4.69, 9.17) is 0 Å². The molecular weight excluding hydrogens is 269 g/mol. The lowest BCUT2D eigenvalue weighted by molar-refractivity contribution is 0.0928. The van der Waals surface area contributed by atoms with Gasteiger partial charge in [0.2, 0.25) is 0 Å². The zero-order valence-electron chi connectivity index (χ0n) is 12.1. The minimum atomic E-state index is -1.57. The largest absolute Gasteiger partial charge is 0.351 e. The molecule has 1 aromatic rings. The van der Waals surface area contributed by atoms with Crippen LogP contribution in [0.25, 0.3) is 0 Å². The molecule has 0 aliphatic heterocycles. The van der Waals surface area contributed by atoms with Crippen LogP contribution in [0.5, 0.6) is 0 Å². The third-order valence-electron chi connectivity index (χ3n) is 2.72. The fraction of sp³-hybridized carbons (Fsp3) is 0.500. The molecule has 0 bridgehead atoms. The Labute approximate surface area is 116 Å². The van der Waals surface area contributed by atoms with Crippen LogP contribution >= 0.6 is 0 Å². The summed E-state index contributed by atoms with van der Waals surface area (Å²) in [6.45, 7) is 4.99. The molecule has 1 N–H and O–H groups in total. The van der Waals surface area contributed by atoms with E-state index < -0.39 is 23.4 Å². The van der Waals surface area contributed by atoms with Crippen molar-refractivity contribution in [3.8, 4) is 0 Å². The summed E-state index contributed by atoms with van der Waals surface area (Å²) in [5.41, 5.74) is -0.432. The maximum Gasteiger partial charge on any atom is 0.251 e. The molecule has 1 amide bonds. The topological polar surface area (TPSA) is 32.3 Å². The quantitative estimate of drug-likeness (QED) is 0.844. The normalized spacial score (nSPS) is 11.8. The molecule has 0 aliphatic carbocycles. The van der Waals surface area contributed by atoms with Gasteiger partial charge in [-0.2, -0.15) is 0 Å². The van der Waals surface area contributed by atoms with Crippen molar-refractivity contribution < 1.29 is 18.0 Å². The van der Waals surface area contributed by atoms with Gasteiger partial charge in [0.15, 0.2) is 17.5 Å². The van der Waals surface area contributed by atoms with Gasteiger partial charge in [0.05, 0.1) is 0 Å². The van der Waals surface area contributed by atoms with Crippen molar-refractivity contribution in [3.05, 3.63) is 35.1 Å². The molecule has 0 radical (unpaired) electrons. The van der Waals surface area contributed by atoms with E-state index in [0.29, 0.717) is 18.7 Å². The molecule has 0 atom stereocenters. The number of nitrogens with one attached hydrogen (secondary N) is 1. The first kappa shape index (κ1) is 16.5. The van der Waals surface area contributed by atoms with E-state index in [0.717, 1.165) is 6.54 Å². The van der Waals surface area contributed by atoms with Crippen LogP contribution in [-0.4, -0.2) is 38.0 Å². The molecule has 0 saturated carbocycles. The Hall–Kier alpha value is -1.56. The second-order valence-electron chi connectivity index (χ2n) is 5.84. The summed E-state index contributed by atoms with van der Waals surface area (Å²) in [6, 6.07) is 1.37. The van der Waals surface area contributed by atoms with Crippen molar-refractivity contribution in [1.82, 2.24) is 10.2 Å². The molecule has 1 aromatic carbocycles. The van der Waals surface area contributed by atoms with Crippen LogP contribution in [0.3, 0.4) is 0 Å². The lowest BCUT2D eigenvalue weighted by atomic mass is 9.93. The monoisotopic (exact) mass is 288 g/mol. The van der Waals surface area contributed by atoms with Gasteiger partial charge in [-0.15, -0.1) is 0 Å². The number of hydrogen-bond donors (Lipinski definition) is 1. The number of benzene rings is 1. The van der Waals surface area contributed by atoms with Crippen molar-refractivity contribution in [1.29, 1.82) is 0 Å². The van der Waals surface area contributed by atoms with Crippen molar-refractivity contribution in [2.45, 2.75) is 13.8 Å². The maximum atomic E-state index is 13.0. The fourth-order valence-corrected chi connectivity index (χ4v) is 2.02. The van der Waals surface area contributed by atoms with E-state index in [2.05, 4.69) is 5.32 Å². The molecule has 3 nitrogen and oxygen atoms in total. The highest BCUT2D eigenvalue weighted by Gasteiger charge is 2.21. The molecule has 112 valence electrons. The smallest absolute Gasteiger partial charge is 0.251 e. The van der Waals surface area contributed by atoms with Crippen LogP contribution in [0.15, 0.2) is 12.1 Å². The lowest BCUT2D eigenvalue weighted by Gasteiger charge is -2.28. The second kappa shape index (κ2) is 6.26. The van der Waals surface area contributed by atoms with Gasteiger partial charge in [0.25, 0.3) is 5.91 Å². The van der Waals surface area contributed by atoms with Crippen LogP contribution in [0, 0.1) is 22.9 Å². The summed E-state index contributed by atoms with van der Waals surface area (Å²) < 4.78 is 38.9. The molecule has 0 fully saturated rings. The highest BCUT2D eigenvalue weighted by atomic mass is 19.2. The number of carbonyl (C=O) groups excluding carboxylic acids is 1. The maximum absolute atomic E-state index is 13.0. The second-order valence-corrected chi connectivity index (χ2v) is 5.84. The lowest BCUT2D eigenvalue weighted by Crippen LogP contribution is -2.40. The van der Waals surface area contributed by atoms with Gasteiger partial charge in [-0.1, -0.05) is 13.8 Å². The summed E-state index contributed by atoms with van der Waals surface area (Å²) in [6.07, 6.45) is 0. The van der Waals surface area contributed by atoms with E-state index in [1.165, 1.54) is 0 Å². The molecule has 0 spiro atoms. The minimum absolute atomic E-state index is 0.198. The Balaban J connectivity index is 2.73. The molecule has 0 unspecified atom stereocenters.